The minimum absolute atomic E-state index is 0.110. The first-order valence-electron chi connectivity index (χ1n) is 6.56. The van der Waals surface area contributed by atoms with Crippen LogP contribution in [0.2, 0.25) is 0 Å². The van der Waals surface area contributed by atoms with E-state index in [4.69, 9.17) is 0 Å². The fourth-order valence-electron chi connectivity index (χ4n) is 2.74. The fraction of sp³-hybridized carbons (Fsp3) is 0.600. The molecule has 0 radical (unpaired) electrons. The van der Waals surface area contributed by atoms with Gasteiger partial charge >= 0.3 is 0 Å². The molecule has 0 aliphatic heterocycles. The van der Waals surface area contributed by atoms with Gasteiger partial charge in [0.15, 0.2) is 5.78 Å². The Hall–Kier alpha value is -1.18. The number of pyridine rings is 1. The molecule has 0 amide bonds. The summed E-state index contributed by atoms with van der Waals surface area (Å²) in [5.74, 6) is 1.58. The quantitative estimate of drug-likeness (QED) is 0.723. The number of aryl methyl sites for hydroxylation is 1. The van der Waals surface area contributed by atoms with Gasteiger partial charge in [-0.2, -0.15) is 0 Å². The van der Waals surface area contributed by atoms with Crippen molar-refractivity contribution in [1.29, 1.82) is 0 Å². The second-order valence-corrected chi connectivity index (χ2v) is 5.38. The molecule has 0 bridgehead atoms. The van der Waals surface area contributed by atoms with Crippen LogP contribution in [0, 0.1) is 12.8 Å². The summed E-state index contributed by atoms with van der Waals surface area (Å²) in [5.41, 5.74) is 2.82. The normalized spacial score (nSPS) is 24.6. The number of carbonyl (C=O) groups is 1. The molecule has 0 aromatic carbocycles. The van der Waals surface area contributed by atoms with Gasteiger partial charge in [-0.3, -0.25) is 9.78 Å². The second-order valence-electron chi connectivity index (χ2n) is 5.38. The smallest absolute Gasteiger partial charge is 0.161 e. The zero-order valence-electron chi connectivity index (χ0n) is 11.0. The zero-order chi connectivity index (χ0) is 12.4. The number of rotatable bonds is 2. The molecule has 2 nitrogen and oxygen atoms in total. The molecule has 1 saturated carbocycles. The Balaban J connectivity index is 2.17. The van der Waals surface area contributed by atoms with Gasteiger partial charge in [-0.05, 0) is 44.7 Å². The molecular weight excluding hydrogens is 210 g/mol. The molecule has 17 heavy (non-hydrogen) atoms. The van der Waals surface area contributed by atoms with Crippen LogP contribution in [0.4, 0.5) is 0 Å². The van der Waals surface area contributed by atoms with Crippen LogP contribution in [0.25, 0.3) is 0 Å². The van der Waals surface area contributed by atoms with E-state index in [1.165, 1.54) is 31.4 Å². The molecule has 2 rings (SSSR count). The van der Waals surface area contributed by atoms with E-state index in [1.54, 1.807) is 6.92 Å². The van der Waals surface area contributed by atoms with Crippen LogP contribution in [-0.2, 0) is 0 Å². The molecule has 1 aromatic rings. The van der Waals surface area contributed by atoms with E-state index >= 15 is 0 Å². The standard InChI is InChI=1S/C15H21NO/c1-10-4-6-13(7-5-10)15-9-8-14(12(3)17)11(2)16-15/h8-10,13H,4-7H2,1-3H3. The molecule has 1 aliphatic carbocycles. The predicted octanol–water partition coefficient (Wildman–Crippen LogP) is 3.89. The molecule has 0 unspecified atom stereocenters. The molecule has 1 aromatic heterocycles. The van der Waals surface area contributed by atoms with Gasteiger partial charge in [0.2, 0.25) is 0 Å². The van der Waals surface area contributed by atoms with E-state index in [2.05, 4.69) is 11.9 Å². The van der Waals surface area contributed by atoms with Crippen molar-refractivity contribution in [2.24, 2.45) is 5.92 Å². The van der Waals surface area contributed by atoms with Gasteiger partial charge in [0.1, 0.15) is 0 Å². The summed E-state index contributed by atoms with van der Waals surface area (Å²) in [5, 5.41) is 0. The summed E-state index contributed by atoms with van der Waals surface area (Å²) in [6.07, 6.45) is 5.10. The number of ketones is 1. The molecular formula is C15H21NO. The van der Waals surface area contributed by atoms with Crippen LogP contribution in [-0.4, -0.2) is 10.8 Å². The van der Waals surface area contributed by atoms with Gasteiger partial charge in [0.05, 0.1) is 0 Å². The fourth-order valence-corrected chi connectivity index (χ4v) is 2.74. The number of aromatic nitrogens is 1. The Morgan fingerprint density at radius 1 is 1.24 bits per heavy atom. The zero-order valence-corrected chi connectivity index (χ0v) is 11.0. The van der Waals surface area contributed by atoms with Crippen molar-refractivity contribution < 1.29 is 4.79 Å². The Labute approximate surface area is 103 Å². The molecule has 0 saturated heterocycles. The average molecular weight is 231 g/mol. The van der Waals surface area contributed by atoms with Gasteiger partial charge in [0, 0.05) is 22.9 Å². The van der Waals surface area contributed by atoms with Crippen molar-refractivity contribution in [3.63, 3.8) is 0 Å². The van der Waals surface area contributed by atoms with Crippen LogP contribution in [0.1, 0.15) is 67.2 Å². The van der Waals surface area contributed by atoms with Gasteiger partial charge < -0.3 is 0 Å². The molecule has 1 aliphatic rings. The third kappa shape index (κ3) is 2.74. The second kappa shape index (κ2) is 4.99. The largest absolute Gasteiger partial charge is 0.294 e. The third-order valence-electron chi connectivity index (χ3n) is 3.92. The van der Waals surface area contributed by atoms with E-state index < -0.39 is 0 Å². The summed E-state index contributed by atoms with van der Waals surface area (Å²) >= 11 is 0. The number of Topliss-reactive ketones (excluding diaryl/α,β-unsaturated/α-hetero) is 1. The molecule has 1 heterocycles. The molecule has 0 spiro atoms. The predicted molar refractivity (Wildman–Crippen MR) is 69.4 cm³/mol. The minimum Gasteiger partial charge on any atom is -0.294 e. The lowest BCUT2D eigenvalue weighted by atomic mass is 9.81. The highest BCUT2D eigenvalue weighted by atomic mass is 16.1. The van der Waals surface area contributed by atoms with Gasteiger partial charge in [0.25, 0.3) is 0 Å². The van der Waals surface area contributed by atoms with Gasteiger partial charge in [-0.15, -0.1) is 0 Å². The average Bonchev–Trinajstić information content (AvgIpc) is 2.29. The lowest BCUT2D eigenvalue weighted by molar-refractivity contribution is 0.101. The van der Waals surface area contributed by atoms with Crippen molar-refractivity contribution in [2.45, 2.75) is 52.4 Å². The number of carbonyl (C=O) groups excluding carboxylic acids is 1. The van der Waals surface area contributed by atoms with Crippen LogP contribution in [0.15, 0.2) is 12.1 Å². The summed E-state index contributed by atoms with van der Waals surface area (Å²) in [6, 6.07) is 3.99. The lowest BCUT2D eigenvalue weighted by Crippen LogP contribution is -2.13. The van der Waals surface area contributed by atoms with Crippen molar-refractivity contribution in [1.82, 2.24) is 4.98 Å². The topological polar surface area (TPSA) is 30.0 Å². The monoisotopic (exact) mass is 231 g/mol. The Morgan fingerprint density at radius 3 is 2.41 bits per heavy atom. The summed E-state index contributed by atoms with van der Waals surface area (Å²) in [4.78, 5) is 16.0. The maximum Gasteiger partial charge on any atom is 0.161 e. The molecule has 0 N–H and O–H groups in total. The van der Waals surface area contributed by atoms with Gasteiger partial charge in [-0.1, -0.05) is 19.8 Å². The van der Waals surface area contributed by atoms with E-state index in [1.807, 2.05) is 19.1 Å². The van der Waals surface area contributed by atoms with Crippen LogP contribution in [0.5, 0.6) is 0 Å². The Bertz CT molecular complexity index is 417. The maximum atomic E-state index is 11.4. The summed E-state index contributed by atoms with van der Waals surface area (Å²) in [7, 11) is 0. The summed E-state index contributed by atoms with van der Waals surface area (Å²) < 4.78 is 0. The van der Waals surface area contributed by atoms with Crippen molar-refractivity contribution in [3.8, 4) is 0 Å². The highest BCUT2D eigenvalue weighted by Gasteiger charge is 2.21. The number of nitrogens with zero attached hydrogens (tertiary/aromatic N) is 1. The van der Waals surface area contributed by atoms with E-state index in [-0.39, 0.29) is 5.78 Å². The molecule has 92 valence electrons. The molecule has 1 fully saturated rings. The van der Waals surface area contributed by atoms with E-state index in [0.29, 0.717) is 5.92 Å². The van der Waals surface area contributed by atoms with Crippen molar-refractivity contribution in [3.05, 3.63) is 29.1 Å². The molecule has 0 atom stereocenters. The Kier molecular flexibility index (Phi) is 3.60. The van der Waals surface area contributed by atoms with Crippen LogP contribution in [0.3, 0.4) is 0 Å². The maximum absolute atomic E-state index is 11.4. The molecule has 2 heteroatoms. The first-order valence-corrected chi connectivity index (χ1v) is 6.56. The Morgan fingerprint density at radius 2 is 1.88 bits per heavy atom. The minimum atomic E-state index is 0.110. The third-order valence-corrected chi connectivity index (χ3v) is 3.92. The number of hydrogen-bond donors (Lipinski definition) is 0. The lowest BCUT2D eigenvalue weighted by Gasteiger charge is -2.26. The SMILES string of the molecule is CC(=O)c1ccc(C2CCC(C)CC2)nc1C. The first kappa shape index (κ1) is 12.3. The van der Waals surface area contributed by atoms with Crippen molar-refractivity contribution >= 4 is 5.78 Å². The van der Waals surface area contributed by atoms with E-state index in [0.717, 1.165) is 17.2 Å². The first-order chi connectivity index (χ1) is 8.08. The highest BCUT2D eigenvalue weighted by Crippen LogP contribution is 2.34. The number of hydrogen-bond acceptors (Lipinski definition) is 2. The van der Waals surface area contributed by atoms with Crippen molar-refractivity contribution in [2.75, 3.05) is 0 Å². The van der Waals surface area contributed by atoms with E-state index in [9.17, 15) is 4.79 Å². The van der Waals surface area contributed by atoms with Gasteiger partial charge in [-0.25, -0.2) is 0 Å². The highest BCUT2D eigenvalue weighted by molar-refractivity contribution is 5.95. The van der Waals surface area contributed by atoms with Crippen LogP contribution < -0.4 is 0 Å². The van der Waals surface area contributed by atoms with Crippen LogP contribution >= 0.6 is 0 Å². The summed E-state index contributed by atoms with van der Waals surface area (Å²) in [6.45, 7) is 5.87.